The van der Waals surface area contributed by atoms with Gasteiger partial charge in [-0.25, -0.2) is 0 Å². The lowest BCUT2D eigenvalue weighted by molar-refractivity contribution is 0.543. The molecule has 0 bridgehead atoms. The molecule has 0 saturated heterocycles. The number of benzene rings is 2. The highest BCUT2D eigenvalue weighted by Gasteiger charge is 2.06. The van der Waals surface area contributed by atoms with Crippen LogP contribution in [0.5, 0.6) is 0 Å². The van der Waals surface area contributed by atoms with Crippen molar-refractivity contribution < 1.29 is 0 Å². The summed E-state index contributed by atoms with van der Waals surface area (Å²) in [5.41, 5.74) is 2.48. The fourth-order valence-corrected chi connectivity index (χ4v) is 2.32. The van der Waals surface area contributed by atoms with Crippen LogP contribution in [-0.2, 0) is 0 Å². The predicted octanol–water partition coefficient (Wildman–Crippen LogP) is 5.23. The van der Waals surface area contributed by atoms with Crippen LogP contribution < -0.4 is 4.65 Å². The Morgan fingerprint density at radius 3 is 1.95 bits per heavy atom. The van der Waals surface area contributed by atoms with Crippen LogP contribution in [0.4, 0.5) is 5.69 Å². The van der Waals surface area contributed by atoms with Crippen molar-refractivity contribution in [3.63, 3.8) is 0 Å². The van der Waals surface area contributed by atoms with E-state index in [2.05, 4.69) is 0 Å². The lowest BCUT2D eigenvalue weighted by Crippen LogP contribution is -2.32. The first kappa shape index (κ1) is 15.1. The molecule has 2 nitrogen and oxygen atoms in total. The second kappa shape index (κ2) is 5.98. The Hall–Kier alpha value is -1.32. The van der Waals surface area contributed by atoms with Gasteiger partial charge in [0.25, 0.3) is 0 Å². The number of hydrogen-bond acceptors (Lipinski definition) is 1. The predicted molar refractivity (Wildman–Crippen MR) is 88.8 cm³/mol. The Morgan fingerprint density at radius 1 is 0.900 bits per heavy atom. The molecular formula is C16H15Cl2NO. The van der Waals surface area contributed by atoms with E-state index in [4.69, 9.17) is 23.2 Å². The number of hydroxylamine groups is 2. The zero-order valence-corrected chi connectivity index (χ0v) is 12.8. The molecule has 0 aliphatic carbocycles. The topological polar surface area (TPSA) is 23.1 Å². The summed E-state index contributed by atoms with van der Waals surface area (Å²) in [6, 6.07) is 12.8. The van der Waals surface area contributed by atoms with Crippen molar-refractivity contribution in [2.75, 3.05) is 14.1 Å². The van der Waals surface area contributed by atoms with E-state index in [1.165, 1.54) is 0 Å². The van der Waals surface area contributed by atoms with E-state index in [0.717, 1.165) is 11.1 Å². The SMILES string of the molecule is C[N+](C)([O-])c1ccc(/C=C/c2c(Cl)cccc2Cl)cc1. The summed E-state index contributed by atoms with van der Waals surface area (Å²) in [7, 11) is 3.18. The fraction of sp³-hybridized carbons (Fsp3) is 0.125. The van der Waals surface area contributed by atoms with E-state index >= 15 is 0 Å². The Balaban J connectivity index is 2.24. The van der Waals surface area contributed by atoms with E-state index < -0.39 is 4.65 Å². The van der Waals surface area contributed by atoms with Gasteiger partial charge in [0, 0.05) is 15.6 Å². The average Bonchev–Trinajstić information content (AvgIpc) is 2.37. The van der Waals surface area contributed by atoms with Crippen LogP contribution >= 0.6 is 23.2 Å². The van der Waals surface area contributed by atoms with Crippen molar-refractivity contribution in [1.29, 1.82) is 0 Å². The number of nitrogens with zero attached hydrogens (tertiary/aromatic N) is 1. The minimum absolute atomic E-state index is 0.444. The molecule has 2 aromatic carbocycles. The van der Waals surface area contributed by atoms with Gasteiger partial charge < -0.3 is 9.85 Å². The van der Waals surface area contributed by atoms with Crippen molar-refractivity contribution in [3.8, 4) is 0 Å². The molecule has 0 heterocycles. The second-order valence-corrected chi connectivity index (χ2v) is 5.73. The summed E-state index contributed by atoms with van der Waals surface area (Å²) < 4.78 is -0.444. The normalized spacial score (nSPS) is 12.1. The molecule has 0 radical (unpaired) electrons. The summed E-state index contributed by atoms with van der Waals surface area (Å²) in [6.45, 7) is 0. The number of quaternary nitrogens is 1. The molecule has 0 spiro atoms. The van der Waals surface area contributed by atoms with E-state index in [1.54, 1.807) is 26.2 Å². The average molecular weight is 308 g/mol. The largest absolute Gasteiger partial charge is 0.628 e. The molecule has 4 heteroatoms. The van der Waals surface area contributed by atoms with Crippen molar-refractivity contribution >= 4 is 41.0 Å². The first-order chi connectivity index (χ1) is 9.38. The van der Waals surface area contributed by atoms with E-state index in [1.807, 2.05) is 42.5 Å². The number of hydrogen-bond donors (Lipinski definition) is 0. The Labute approximate surface area is 129 Å². The van der Waals surface area contributed by atoms with Gasteiger partial charge in [0.15, 0.2) is 0 Å². The molecular weight excluding hydrogens is 293 g/mol. The second-order valence-electron chi connectivity index (χ2n) is 4.91. The summed E-state index contributed by atoms with van der Waals surface area (Å²) in [6.07, 6.45) is 3.79. The molecule has 2 aromatic rings. The third-order valence-corrected chi connectivity index (χ3v) is 3.62. The molecule has 0 saturated carbocycles. The summed E-state index contributed by atoms with van der Waals surface area (Å²) in [4.78, 5) is 0. The highest BCUT2D eigenvalue weighted by Crippen LogP contribution is 2.26. The first-order valence-electron chi connectivity index (χ1n) is 6.15. The molecule has 0 aromatic heterocycles. The van der Waals surface area contributed by atoms with Gasteiger partial charge in [-0.1, -0.05) is 41.4 Å². The lowest BCUT2D eigenvalue weighted by Gasteiger charge is -2.33. The highest BCUT2D eigenvalue weighted by atomic mass is 35.5. The fourth-order valence-electron chi connectivity index (χ4n) is 1.79. The lowest BCUT2D eigenvalue weighted by atomic mass is 10.1. The van der Waals surface area contributed by atoms with Crippen molar-refractivity contribution in [3.05, 3.63) is 68.8 Å². The maximum atomic E-state index is 11.8. The molecule has 0 atom stereocenters. The number of halogens is 2. The Kier molecular flexibility index (Phi) is 4.51. The van der Waals surface area contributed by atoms with E-state index in [9.17, 15) is 5.21 Å². The number of rotatable bonds is 3. The summed E-state index contributed by atoms with van der Waals surface area (Å²) in [5.74, 6) is 0. The molecule has 0 amide bonds. The standard InChI is InChI=1S/C16H15Cl2NO/c1-19(2,20)13-9-6-12(7-10-13)8-11-14-15(17)4-3-5-16(14)18/h3-11H,1-2H3/b11-8+. The Morgan fingerprint density at radius 2 is 1.45 bits per heavy atom. The molecule has 2 rings (SSSR count). The quantitative estimate of drug-likeness (QED) is 0.432. The smallest absolute Gasteiger partial charge is 0.132 e. The Bertz CT molecular complexity index is 608. The summed E-state index contributed by atoms with van der Waals surface area (Å²) in [5, 5.41) is 13.0. The van der Waals surface area contributed by atoms with Crippen LogP contribution in [0.15, 0.2) is 42.5 Å². The van der Waals surface area contributed by atoms with Crippen molar-refractivity contribution in [2.45, 2.75) is 0 Å². The maximum absolute atomic E-state index is 11.8. The minimum atomic E-state index is -0.444. The van der Waals surface area contributed by atoms with Crippen molar-refractivity contribution in [2.24, 2.45) is 0 Å². The monoisotopic (exact) mass is 307 g/mol. The maximum Gasteiger partial charge on any atom is 0.132 e. The molecule has 0 N–H and O–H groups in total. The van der Waals surface area contributed by atoms with Crippen molar-refractivity contribution in [1.82, 2.24) is 4.65 Å². The zero-order valence-electron chi connectivity index (χ0n) is 11.3. The van der Waals surface area contributed by atoms with Crippen LogP contribution in [0, 0.1) is 5.21 Å². The molecule has 0 aliphatic rings. The van der Waals surface area contributed by atoms with E-state index in [-0.39, 0.29) is 0 Å². The third kappa shape index (κ3) is 3.62. The molecule has 104 valence electrons. The van der Waals surface area contributed by atoms with Gasteiger partial charge in [-0.05, 0) is 42.0 Å². The molecule has 0 fully saturated rings. The molecule has 20 heavy (non-hydrogen) atoms. The van der Waals surface area contributed by atoms with Crippen LogP contribution in [0.3, 0.4) is 0 Å². The van der Waals surface area contributed by atoms with Gasteiger partial charge in [0.2, 0.25) is 0 Å². The van der Waals surface area contributed by atoms with Gasteiger partial charge in [-0.2, -0.15) is 0 Å². The first-order valence-corrected chi connectivity index (χ1v) is 6.91. The van der Waals surface area contributed by atoms with Crippen LogP contribution in [-0.4, -0.2) is 14.1 Å². The van der Waals surface area contributed by atoms with Gasteiger partial charge >= 0.3 is 0 Å². The van der Waals surface area contributed by atoms with Gasteiger partial charge in [0.05, 0.1) is 14.1 Å². The summed E-state index contributed by atoms with van der Waals surface area (Å²) >= 11 is 12.2. The van der Waals surface area contributed by atoms with Gasteiger partial charge in [-0.3, -0.25) is 0 Å². The molecule has 0 aliphatic heterocycles. The van der Waals surface area contributed by atoms with Crippen LogP contribution in [0.2, 0.25) is 10.0 Å². The van der Waals surface area contributed by atoms with E-state index in [0.29, 0.717) is 15.7 Å². The van der Waals surface area contributed by atoms with Gasteiger partial charge in [0.1, 0.15) is 5.69 Å². The zero-order chi connectivity index (χ0) is 14.8. The highest BCUT2D eigenvalue weighted by molar-refractivity contribution is 6.37. The van der Waals surface area contributed by atoms with Crippen LogP contribution in [0.1, 0.15) is 11.1 Å². The third-order valence-electron chi connectivity index (χ3n) is 2.96. The molecule has 0 unspecified atom stereocenters. The van der Waals surface area contributed by atoms with Crippen LogP contribution in [0.25, 0.3) is 12.2 Å². The van der Waals surface area contributed by atoms with Gasteiger partial charge in [-0.15, -0.1) is 0 Å². The minimum Gasteiger partial charge on any atom is -0.628 e.